The second-order valence-corrected chi connectivity index (χ2v) is 6.49. The van der Waals surface area contributed by atoms with Crippen molar-refractivity contribution in [2.75, 3.05) is 13.2 Å². The highest BCUT2D eigenvalue weighted by atomic mass is 16.5. The summed E-state index contributed by atoms with van der Waals surface area (Å²) in [5.74, 6) is 0.355. The molecule has 0 spiro atoms. The molecular weight excluding hydrogens is 276 g/mol. The molecule has 1 fully saturated rings. The summed E-state index contributed by atoms with van der Waals surface area (Å²) in [4.78, 5) is 4.30. The minimum absolute atomic E-state index is 0.201. The smallest absolute Gasteiger partial charge is 0.0956 e. The van der Waals surface area contributed by atoms with Gasteiger partial charge in [-0.1, -0.05) is 18.2 Å². The molecule has 2 aromatic rings. The average molecular weight is 298 g/mol. The Morgan fingerprint density at radius 3 is 3.00 bits per heavy atom. The van der Waals surface area contributed by atoms with E-state index in [0.717, 1.165) is 32.5 Å². The summed E-state index contributed by atoms with van der Waals surface area (Å²) in [5, 5.41) is 10.7. The van der Waals surface area contributed by atoms with Gasteiger partial charge in [0.15, 0.2) is 0 Å². The summed E-state index contributed by atoms with van der Waals surface area (Å²) >= 11 is 0. The fourth-order valence-corrected chi connectivity index (χ4v) is 4.00. The molecule has 3 heterocycles. The van der Waals surface area contributed by atoms with Crippen LogP contribution in [0.25, 0.3) is 11.3 Å². The second kappa shape index (κ2) is 5.52. The van der Waals surface area contributed by atoms with Crippen LogP contribution in [-0.4, -0.2) is 34.0 Å². The molecular formula is C18H22N2O2. The Morgan fingerprint density at radius 2 is 2.18 bits per heavy atom. The molecule has 2 unspecified atom stereocenters. The third-order valence-corrected chi connectivity index (χ3v) is 5.21. The fourth-order valence-electron chi connectivity index (χ4n) is 4.00. The molecule has 2 aliphatic rings. The number of aromatic nitrogens is 2. The molecule has 22 heavy (non-hydrogen) atoms. The number of aliphatic hydroxyl groups is 1. The molecule has 4 nitrogen and oxygen atoms in total. The zero-order chi connectivity index (χ0) is 15.1. The van der Waals surface area contributed by atoms with Gasteiger partial charge in [0.05, 0.1) is 30.4 Å². The van der Waals surface area contributed by atoms with Crippen molar-refractivity contribution >= 4 is 0 Å². The van der Waals surface area contributed by atoms with Gasteiger partial charge in [-0.05, 0) is 43.2 Å². The minimum Gasteiger partial charge on any atom is -0.393 e. The van der Waals surface area contributed by atoms with E-state index in [0.29, 0.717) is 5.92 Å². The molecule has 4 heteroatoms. The number of aliphatic hydroxyl groups excluding tert-OH is 1. The molecule has 0 bridgehead atoms. The molecule has 0 amide bonds. The predicted molar refractivity (Wildman–Crippen MR) is 84.7 cm³/mol. The van der Waals surface area contributed by atoms with E-state index in [1.165, 1.54) is 22.4 Å². The van der Waals surface area contributed by atoms with Gasteiger partial charge >= 0.3 is 0 Å². The summed E-state index contributed by atoms with van der Waals surface area (Å²) in [5.41, 5.74) is 5.08. The van der Waals surface area contributed by atoms with Gasteiger partial charge in [-0.3, -0.25) is 0 Å². The van der Waals surface area contributed by atoms with E-state index in [9.17, 15) is 5.11 Å². The van der Waals surface area contributed by atoms with Crippen LogP contribution in [0.2, 0.25) is 0 Å². The Labute approximate surface area is 130 Å². The molecule has 2 aliphatic heterocycles. The van der Waals surface area contributed by atoms with Crippen molar-refractivity contribution < 1.29 is 9.84 Å². The zero-order valence-electron chi connectivity index (χ0n) is 12.9. The summed E-state index contributed by atoms with van der Waals surface area (Å²) in [6, 6.07) is 6.62. The highest BCUT2D eigenvalue weighted by Crippen LogP contribution is 2.43. The van der Waals surface area contributed by atoms with E-state index < -0.39 is 0 Å². The van der Waals surface area contributed by atoms with Crippen LogP contribution in [0.5, 0.6) is 0 Å². The quantitative estimate of drug-likeness (QED) is 0.947. The lowest BCUT2D eigenvalue weighted by Gasteiger charge is -2.29. The van der Waals surface area contributed by atoms with Crippen molar-refractivity contribution in [3.8, 4) is 11.3 Å². The van der Waals surface area contributed by atoms with Gasteiger partial charge in [-0.2, -0.15) is 0 Å². The Hall–Kier alpha value is -1.65. The number of benzene rings is 1. The third kappa shape index (κ3) is 2.18. The Balaban J connectivity index is 1.65. The second-order valence-electron chi connectivity index (χ2n) is 6.49. The average Bonchev–Trinajstić information content (AvgIpc) is 3.12. The number of ether oxygens (including phenoxy) is 1. The number of imidazole rings is 1. The van der Waals surface area contributed by atoms with Crippen molar-refractivity contribution in [2.45, 2.75) is 38.3 Å². The molecule has 1 saturated heterocycles. The van der Waals surface area contributed by atoms with Crippen LogP contribution in [0.15, 0.2) is 30.7 Å². The first kappa shape index (κ1) is 14.0. The number of hydrogen-bond donors (Lipinski definition) is 1. The topological polar surface area (TPSA) is 47.3 Å². The number of hydrogen-bond acceptors (Lipinski definition) is 3. The number of fused-ring (bicyclic) bond motifs is 3. The van der Waals surface area contributed by atoms with E-state index in [1.54, 1.807) is 0 Å². The molecule has 1 aromatic carbocycles. The fraction of sp³-hybridized carbons (Fsp3) is 0.500. The Bertz CT molecular complexity index is 673. The van der Waals surface area contributed by atoms with Crippen LogP contribution in [0.4, 0.5) is 0 Å². The molecule has 4 rings (SSSR count). The van der Waals surface area contributed by atoms with Gasteiger partial charge in [0.25, 0.3) is 0 Å². The largest absolute Gasteiger partial charge is 0.393 e. The van der Waals surface area contributed by atoms with E-state index >= 15 is 0 Å². The Kier molecular flexibility index (Phi) is 3.51. The highest BCUT2D eigenvalue weighted by Gasteiger charge is 2.33. The van der Waals surface area contributed by atoms with Crippen LogP contribution in [0.1, 0.15) is 36.4 Å². The first-order valence-electron chi connectivity index (χ1n) is 8.13. The molecule has 0 saturated carbocycles. The van der Waals surface area contributed by atoms with Gasteiger partial charge < -0.3 is 14.4 Å². The molecule has 116 valence electrons. The number of rotatable bonds is 3. The van der Waals surface area contributed by atoms with Crippen LogP contribution in [0.3, 0.4) is 0 Å². The first-order chi connectivity index (χ1) is 10.8. The van der Waals surface area contributed by atoms with Crippen LogP contribution >= 0.6 is 0 Å². The lowest BCUT2D eigenvalue weighted by molar-refractivity contribution is 0.00149. The van der Waals surface area contributed by atoms with E-state index in [1.807, 2.05) is 12.5 Å². The monoisotopic (exact) mass is 298 g/mol. The van der Waals surface area contributed by atoms with Crippen LogP contribution in [0, 0.1) is 12.8 Å². The third-order valence-electron chi connectivity index (χ3n) is 5.21. The molecule has 1 aromatic heterocycles. The first-order valence-corrected chi connectivity index (χ1v) is 8.13. The maximum Gasteiger partial charge on any atom is 0.0956 e. The SMILES string of the molecule is Cc1cccc2c1C(CC(O)C1CCOCC1)n1cncc1-2. The number of aryl methyl sites for hydroxylation is 1. The van der Waals surface area contributed by atoms with Crippen molar-refractivity contribution in [3.05, 3.63) is 41.9 Å². The molecule has 2 atom stereocenters. The standard InChI is InChI=1S/C18H22N2O2/c1-12-3-2-4-14-16-10-19-11-20(16)15(18(12)14)9-17(21)13-5-7-22-8-6-13/h2-4,10-11,13,15,17,21H,5-9H2,1H3. The lowest BCUT2D eigenvalue weighted by atomic mass is 9.87. The van der Waals surface area contributed by atoms with Crippen molar-refractivity contribution in [1.29, 1.82) is 0 Å². The van der Waals surface area contributed by atoms with E-state index in [2.05, 4.69) is 34.7 Å². The van der Waals surface area contributed by atoms with E-state index in [4.69, 9.17) is 4.74 Å². The van der Waals surface area contributed by atoms with Gasteiger partial charge in [-0.15, -0.1) is 0 Å². The minimum atomic E-state index is -0.283. The zero-order valence-corrected chi connectivity index (χ0v) is 12.9. The van der Waals surface area contributed by atoms with Gasteiger partial charge in [-0.25, -0.2) is 4.98 Å². The highest BCUT2D eigenvalue weighted by molar-refractivity contribution is 5.70. The van der Waals surface area contributed by atoms with Crippen molar-refractivity contribution in [1.82, 2.24) is 9.55 Å². The summed E-state index contributed by atoms with van der Waals surface area (Å²) in [7, 11) is 0. The molecule has 1 N–H and O–H groups in total. The van der Waals surface area contributed by atoms with Crippen LogP contribution < -0.4 is 0 Å². The van der Waals surface area contributed by atoms with Crippen LogP contribution in [-0.2, 0) is 4.74 Å². The van der Waals surface area contributed by atoms with Gasteiger partial charge in [0, 0.05) is 18.8 Å². The van der Waals surface area contributed by atoms with Crippen molar-refractivity contribution in [3.63, 3.8) is 0 Å². The Morgan fingerprint density at radius 1 is 1.36 bits per heavy atom. The maximum absolute atomic E-state index is 10.7. The summed E-state index contributed by atoms with van der Waals surface area (Å²) < 4.78 is 7.64. The maximum atomic E-state index is 10.7. The molecule has 0 aliphatic carbocycles. The normalized spacial score (nSPS) is 22.4. The summed E-state index contributed by atoms with van der Waals surface area (Å²) in [6.07, 6.45) is 6.23. The van der Waals surface area contributed by atoms with Crippen molar-refractivity contribution in [2.24, 2.45) is 5.92 Å². The predicted octanol–water partition coefficient (Wildman–Crippen LogP) is 2.94. The van der Waals surface area contributed by atoms with Gasteiger partial charge in [0.1, 0.15) is 0 Å². The summed E-state index contributed by atoms with van der Waals surface area (Å²) in [6.45, 7) is 3.71. The van der Waals surface area contributed by atoms with Gasteiger partial charge in [0.2, 0.25) is 0 Å². The van der Waals surface area contributed by atoms with E-state index in [-0.39, 0.29) is 12.1 Å². The molecule has 0 radical (unpaired) electrons. The lowest BCUT2D eigenvalue weighted by Crippen LogP contribution is -2.29. The number of nitrogens with zero attached hydrogens (tertiary/aromatic N) is 2.